The van der Waals surface area contributed by atoms with Gasteiger partial charge in [-0.25, -0.2) is 4.98 Å². The lowest BCUT2D eigenvalue weighted by Crippen LogP contribution is -2.40. The summed E-state index contributed by atoms with van der Waals surface area (Å²) in [6, 6.07) is 8.69. The Balaban J connectivity index is 1.68. The van der Waals surface area contributed by atoms with E-state index in [0.717, 1.165) is 29.2 Å². The summed E-state index contributed by atoms with van der Waals surface area (Å²) in [6.45, 7) is 2.69. The molecule has 1 N–H and O–H groups in total. The third-order valence-corrected chi connectivity index (χ3v) is 5.33. The molecule has 170 valence electrons. The molecule has 2 aromatic heterocycles. The minimum Gasteiger partial charge on any atom is -0.325 e. The summed E-state index contributed by atoms with van der Waals surface area (Å²) in [5, 5.41) is 2.48. The highest BCUT2D eigenvalue weighted by Crippen LogP contribution is 2.41. The maximum absolute atomic E-state index is 15.0. The number of aryl methyl sites for hydroxylation is 1. The standard InChI is InChI=1S/C23H18F4N4O2/c1-12-10-17-19(21(24)29-12)16-4-3-9-28-20(16)13(2)22(33)31(17)11-18(32)30-15-7-5-14(6-8-15)23(25,26)27/h3-10,13H,11H2,1-2H3,(H,30,32). The first-order valence-corrected chi connectivity index (χ1v) is 9.97. The summed E-state index contributed by atoms with van der Waals surface area (Å²) in [7, 11) is 0. The van der Waals surface area contributed by atoms with Gasteiger partial charge in [-0.05, 0) is 50.2 Å². The van der Waals surface area contributed by atoms with Gasteiger partial charge in [0.2, 0.25) is 17.8 Å². The monoisotopic (exact) mass is 458 g/mol. The molecule has 6 nitrogen and oxygen atoms in total. The second-order valence-corrected chi connectivity index (χ2v) is 7.65. The number of fused-ring (bicyclic) bond motifs is 3. The van der Waals surface area contributed by atoms with Crippen LogP contribution in [0.5, 0.6) is 0 Å². The molecular formula is C23H18F4N4O2. The van der Waals surface area contributed by atoms with Crippen LogP contribution in [0.2, 0.25) is 0 Å². The lowest BCUT2D eigenvalue weighted by molar-refractivity contribution is -0.137. The normalized spacial score (nSPS) is 15.5. The third kappa shape index (κ3) is 4.28. The van der Waals surface area contributed by atoms with Gasteiger partial charge in [-0.3, -0.25) is 14.6 Å². The Morgan fingerprint density at radius 3 is 2.55 bits per heavy atom. The highest BCUT2D eigenvalue weighted by atomic mass is 19.4. The SMILES string of the molecule is Cc1cc2c(c(F)n1)-c1cccnc1C(C)C(=O)N2CC(=O)Nc1ccc(C(F)(F)F)cc1. The summed E-state index contributed by atoms with van der Waals surface area (Å²) >= 11 is 0. The lowest BCUT2D eigenvalue weighted by atomic mass is 9.98. The van der Waals surface area contributed by atoms with Crippen LogP contribution in [0, 0.1) is 12.9 Å². The number of alkyl halides is 3. The molecule has 33 heavy (non-hydrogen) atoms. The second kappa shape index (κ2) is 8.27. The van der Waals surface area contributed by atoms with E-state index in [9.17, 15) is 27.2 Å². The number of amides is 2. The van der Waals surface area contributed by atoms with Crippen LogP contribution >= 0.6 is 0 Å². The summed E-state index contributed by atoms with van der Waals surface area (Å²) < 4.78 is 53.2. The molecule has 1 aromatic carbocycles. The van der Waals surface area contributed by atoms with E-state index in [1.165, 1.54) is 12.3 Å². The number of hydrogen-bond donors (Lipinski definition) is 1. The lowest BCUT2D eigenvalue weighted by Gasteiger charge is -2.24. The Labute approximate surface area is 186 Å². The van der Waals surface area contributed by atoms with Crippen molar-refractivity contribution in [1.82, 2.24) is 9.97 Å². The molecule has 4 rings (SSSR count). The fourth-order valence-corrected chi connectivity index (χ4v) is 3.77. The average Bonchev–Trinajstić information content (AvgIpc) is 2.83. The molecule has 1 aliphatic rings. The van der Waals surface area contributed by atoms with Gasteiger partial charge in [-0.15, -0.1) is 0 Å². The maximum atomic E-state index is 15.0. The Morgan fingerprint density at radius 1 is 1.18 bits per heavy atom. The zero-order valence-corrected chi connectivity index (χ0v) is 17.6. The summed E-state index contributed by atoms with van der Waals surface area (Å²) in [5.74, 6) is -2.70. The molecule has 10 heteroatoms. The Bertz CT molecular complexity index is 1240. The maximum Gasteiger partial charge on any atom is 0.416 e. The van der Waals surface area contributed by atoms with Crippen molar-refractivity contribution >= 4 is 23.2 Å². The number of hydrogen-bond acceptors (Lipinski definition) is 4. The predicted molar refractivity (Wildman–Crippen MR) is 113 cm³/mol. The van der Waals surface area contributed by atoms with Crippen molar-refractivity contribution in [3.05, 3.63) is 71.6 Å². The van der Waals surface area contributed by atoms with Crippen molar-refractivity contribution in [3.63, 3.8) is 0 Å². The number of pyridine rings is 2. The minimum atomic E-state index is -4.50. The number of nitrogens with zero attached hydrogens (tertiary/aromatic N) is 3. The highest BCUT2D eigenvalue weighted by Gasteiger charge is 2.35. The molecule has 0 radical (unpaired) electrons. The van der Waals surface area contributed by atoms with Crippen LogP contribution < -0.4 is 10.2 Å². The zero-order valence-electron chi connectivity index (χ0n) is 17.6. The van der Waals surface area contributed by atoms with E-state index in [1.54, 1.807) is 26.0 Å². The molecule has 0 saturated carbocycles. The third-order valence-electron chi connectivity index (χ3n) is 5.33. The molecule has 0 saturated heterocycles. The van der Waals surface area contributed by atoms with Crippen molar-refractivity contribution < 1.29 is 27.2 Å². The van der Waals surface area contributed by atoms with E-state index < -0.39 is 42.0 Å². The van der Waals surface area contributed by atoms with Crippen LogP contribution in [-0.2, 0) is 15.8 Å². The average molecular weight is 458 g/mol. The van der Waals surface area contributed by atoms with Crippen LogP contribution in [0.3, 0.4) is 0 Å². The number of halogens is 4. The number of nitrogens with one attached hydrogen (secondary N) is 1. The van der Waals surface area contributed by atoms with Crippen LogP contribution in [0.25, 0.3) is 11.1 Å². The number of rotatable bonds is 3. The fraction of sp³-hybridized carbons (Fsp3) is 0.217. The number of carbonyl (C=O) groups excluding carboxylic acids is 2. The fourth-order valence-electron chi connectivity index (χ4n) is 3.77. The van der Waals surface area contributed by atoms with Gasteiger partial charge in [0.05, 0.1) is 28.4 Å². The Kier molecular flexibility index (Phi) is 5.61. The number of anilines is 2. The van der Waals surface area contributed by atoms with Crippen molar-refractivity contribution in [1.29, 1.82) is 0 Å². The van der Waals surface area contributed by atoms with Gasteiger partial charge in [0.25, 0.3) is 0 Å². The first kappa shape index (κ1) is 22.4. The molecule has 0 fully saturated rings. The van der Waals surface area contributed by atoms with Gasteiger partial charge in [0.15, 0.2) is 0 Å². The van der Waals surface area contributed by atoms with Crippen molar-refractivity contribution in [2.45, 2.75) is 25.9 Å². The van der Waals surface area contributed by atoms with Gasteiger partial charge in [0.1, 0.15) is 6.54 Å². The molecule has 1 unspecified atom stereocenters. The van der Waals surface area contributed by atoms with E-state index in [1.807, 2.05) is 0 Å². The Hall–Kier alpha value is -3.82. The topological polar surface area (TPSA) is 75.2 Å². The van der Waals surface area contributed by atoms with Crippen molar-refractivity contribution in [3.8, 4) is 11.1 Å². The van der Waals surface area contributed by atoms with E-state index >= 15 is 0 Å². The molecule has 1 atom stereocenters. The van der Waals surface area contributed by atoms with Crippen LogP contribution in [0.15, 0.2) is 48.7 Å². The van der Waals surface area contributed by atoms with E-state index in [2.05, 4.69) is 15.3 Å². The van der Waals surface area contributed by atoms with Crippen molar-refractivity contribution in [2.24, 2.45) is 0 Å². The van der Waals surface area contributed by atoms with Crippen LogP contribution in [0.1, 0.15) is 29.8 Å². The van der Waals surface area contributed by atoms with Gasteiger partial charge >= 0.3 is 6.18 Å². The number of benzene rings is 1. The van der Waals surface area contributed by atoms with Crippen molar-refractivity contribution in [2.75, 3.05) is 16.8 Å². The largest absolute Gasteiger partial charge is 0.416 e. The van der Waals surface area contributed by atoms with Crippen LogP contribution in [-0.4, -0.2) is 28.3 Å². The van der Waals surface area contributed by atoms with Gasteiger partial charge in [0, 0.05) is 23.1 Å². The van der Waals surface area contributed by atoms with Crippen LogP contribution in [0.4, 0.5) is 28.9 Å². The molecule has 0 bridgehead atoms. The molecule has 3 aromatic rings. The summed E-state index contributed by atoms with van der Waals surface area (Å²) in [6.07, 6.45) is -3.01. The first-order valence-electron chi connectivity index (χ1n) is 9.97. The highest BCUT2D eigenvalue weighted by molar-refractivity contribution is 6.09. The van der Waals surface area contributed by atoms with Gasteiger partial charge < -0.3 is 10.2 Å². The zero-order chi connectivity index (χ0) is 23.9. The Morgan fingerprint density at radius 2 is 1.88 bits per heavy atom. The number of aromatic nitrogens is 2. The second-order valence-electron chi connectivity index (χ2n) is 7.65. The molecule has 0 aliphatic carbocycles. The number of carbonyl (C=O) groups is 2. The molecule has 0 spiro atoms. The summed E-state index contributed by atoms with van der Waals surface area (Å²) in [5.41, 5.74) is 0.588. The minimum absolute atomic E-state index is 0.0590. The smallest absolute Gasteiger partial charge is 0.325 e. The molecule has 3 heterocycles. The predicted octanol–water partition coefficient (Wildman–Crippen LogP) is 4.70. The molecule has 2 amide bonds. The van der Waals surface area contributed by atoms with E-state index in [4.69, 9.17) is 0 Å². The molecule has 1 aliphatic heterocycles. The summed E-state index contributed by atoms with van der Waals surface area (Å²) in [4.78, 5) is 35.3. The first-order chi connectivity index (χ1) is 15.6. The van der Waals surface area contributed by atoms with Gasteiger partial charge in [-0.1, -0.05) is 6.07 Å². The van der Waals surface area contributed by atoms with E-state index in [-0.39, 0.29) is 16.9 Å². The quantitative estimate of drug-likeness (QED) is 0.456. The molecular weight excluding hydrogens is 440 g/mol. The van der Waals surface area contributed by atoms with Gasteiger partial charge in [-0.2, -0.15) is 17.6 Å². The van der Waals surface area contributed by atoms with E-state index in [0.29, 0.717) is 17.0 Å².